The lowest BCUT2D eigenvalue weighted by Crippen LogP contribution is -2.66. The third kappa shape index (κ3) is 33.6. The first-order valence-electron chi connectivity index (χ1n) is 34.3. The van der Waals surface area contributed by atoms with E-state index in [0.717, 1.165) is 96.3 Å². The largest absolute Gasteiger partial charge is 0.394 e. The summed E-state index contributed by atoms with van der Waals surface area (Å²) < 4.78 is 34.2. The lowest BCUT2D eigenvalue weighted by atomic mass is 9.96. The predicted octanol–water partition coefficient (Wildman–Crippen LogP) is 8.71. The Kier molecular flexibility index (Phi) is 46.3. The topological polar surface area (TPSA) is 307 Å². The minimum absolute atomic E-state index is 0.241. The Morgan fingerprint density at radius 1 is 0.416 bits per heavy atom. The molecule has 3 rings (SSSR count). The second-order valence-corrected chi connectivity index (χ2v) is 24.3. The highest BCUT2D eigenvalue weighted by Crippen LogP contribution is 2.33. The fraction of sp³-hybridized carbons (Fsp3) is 0.786. The Bertz CT molecular complexity index is 1940. The number of hydrogen-bond acceptors (Lipinski definition) is 18. The first-order valence-corrected chi connectivity index (χ1v) is 34.3. The smallest absolute Gasteiger partial charge is 0.220 e. The van der Waals surface area contributed by atoms with Gasteiger partial charge in [0.05, 0.1) is 38.6 Å². The molecule has 3 aliphatic heterocycles. The van der Waals surface area contributed by atoms with Gasteiger partial charge >= 0.3 is 0 Å². The van der Waals surface area contributed by atoms with Gasteiger partial charge in [-0.15, -0.1) is 0 Å². The van der Waals surface area contributed by atoms with Gasteiger partial charge in [0.1, 0.15) is 73.2 Å². The number of hydrogen-bond donors (Lipinski definition) is 12. The number of aliphatic hydroxyl groups excluding tert-OH is 11. The number of carbonyl (C=O) groups excluding carboxylic acids is 1. The van der Waals surface area contributed by atoms with Crippen LogP contribution in [0.2, 0.25) is 0 Å². The SMILES string of the molecule is CC/C=C\C/C=C\C/C=C\C/C=C\C/C=C\C/C=C\CCCCCCCCCCCCCCCCCCCCC(=O)NC(COC1OC(CO)C(OC2OC(CO)C(OC3OC(CO)C(O)C(O)C3O)C(O)C2O)C(O)C1O)C(O)/C=C/CCCCCCC. The summed E-state index contributed by atoms with van der Waals surface area (Å²) in [5, 5.41) is 120. The summed E-state index contributed by atoms with van der Waals surface area (Å²) in [6.45, 7) is 1.53. The van der Waals surface area contributed by atoms with Crippen LogP contribution in [0.3, 0.4) is 0 Å². The van der Waals surface area contributed by atoms with Gasteiger partial charge in [-0.25, -0.2) is 0 Å². The van der Waals surface area contributed by atoms with Crippen LogP contribution < -0.4 is 5.32 Å². The van der Waals surface area contributed by atoms with Crippen molar-refractivity contribution < 1.29 is 89.4 Å². The monoisotopic (exact) mass is 1260 g/mol. The van der Waals surface area contributed by atoms with E-state index in [0.29, 0.717) is 6.42 Å². The molecule has 514 valence electrons. The van der Waals surface area contributed by atoms with Crippen LogP contribution in [0.4, 0.5) is 0 Å². The van der Waals surface area contributed by atoms with Crippen LogP contribution in [0.5, 0.6) is 0 Å². The molecule has 12 N–H and O–H groups in total. The van der Waals surface area contributed by atoms with E-state index in [-0.39, 0.29) is 18.9 Å². The van der Waals surface area contributed by atoms with Crippen molar-refractivity contribution in [1.82, 2.24) is 5.32 Å². The van der Waals surface area contributed by atoms with Crippen LogP contribution in [-0.2, 0) is 33.2 Å². The molecule has 0 aliphatic carbocycles. The molecular formula is C70H121NO18. The minimum Gasteiger partial charge on any atom is -0.394 e. The van der Waals surface area contributed by atoms with E-state index in [1.165, 1.54) is 96.3 Å². The average molecular weight is 1260 g/mol. The number of allylic oxidation sites excluding steroid dienone is 13. The molecule has 19 nitrogen and oxygen atoms in total. The maximum atomic E-state index is 13.3. The quantitative estimate of drug-likeness (QED) is 0.0200. The summed E-state index contributed by atoms with van der Waals surface area (Å²) in [5.74, 6) is -0.281. The van der Waals surface area contributed by atoms with Gasteiger partial charge in [0, 0.05) is 6.42 Å². The lowest BCUT2D eigenvalue weighted by molar-refractivity contribution is -0.379. The van der Waals surface area contributed by atoms with Crippen molar-refractivity contribution in [3.8, 4) is 0 Å². The molecule has 0 saturated carbocycles. The molecule has 0 aromatic rings. The molecule has 1 amide bonds. The van der Waals surface area contributed by atoms with Crippen LogP contribution in [0.15, 0.2) is 85.1 Å². The zero-order valence-electron chi connectivity index (χ0n) is 54.1. The van der Waals surface area contributed by atoms with Gasteiger partial charge in [-0.2, -0.15) is 0 Å². The second-order valence-electron chi connectivity index (χ2n) is 24.3. The van der Waals surface area contributed by atoms with Crippen molar-refractivity contribution in [1.29, 1.82) is 0 Å². The van der Waals surface area contributed by atoms with Crippen molar-refractivity contribution in [2.24, 2.45) is 0 Å². The van der Waals surface area contributed by atoms with Gasteiger partial charge < -0.3 is 89.9 Å². The average Bonchev–Trinajstić information content (AvgIpc) is 2.14. The van der Waals surface area contributed by atoms with Crippen molar-refractivity contribution in [2.45, 2.75) is 324 Å². The van der Waals surface area contributed by atoms with E-state index in [2.05, 4.69) is 92.1 Å². The first-order chi connectivity index (χ1) is 43.3. The molecule has 0 spiro atoms. The molecule has 3 aliphatic rings. The van der Waals surface area contributed by atoms with E-state index in [9.17, 15) is 61.0 Å². The van der Waals surface area contributed by atoms with Crippen LogP contribution >= 0.6 is 0 Å². The Labute approximate surface area is 533 Å². The van der Waals surface area contributed by atoms with E-state index >= 15 is 0 Å². The van der Waals surface area contributed by atoms with Crippen LogP contribution in [0, 0.1) is 0 Å². The fourth-order valence-corrected chi connectivity index (χ4v) is 11.1. The molecule has 0 aromatic heterocycles. The van der Waals surface area contributed by atoms with Crippen LogP contribution in [0.1, 0.15) is 219 Å². The molecule has 89 heavy (non-hydrogen) atoms. The van der Waals surface area contributed by atoms with Crippen molar-refractivity contribution in [3.05, 3.63) is 85.1 Å². The molecule has 19 heteroatoms. The summed E-state index contributed by atoms with van der Waals surface area (Å²) in [6.07, 6.45) is 39.2. The first kappa shape index (κ1) is 80.2. The molecule has 3 fully saturated rings. The van der Waals surface area contributed by atoms with Crippen molar-refractivity contribution in [2.75, 3.05) is 26.4 Å². The van der Waals surface area contributed by atoms with Gasteiger partial charge in [-0.3, -0.25) is 4.79 Å². The molecule has 3 heterocycles. The summed E-state index contributed by atoms with van der Waals surface area (Å²) in [6, 6.07) is -0.972. The normalized spacial score (nSPS) is 28.8. The zero-order chi connectivity index (χ0) is 64.7. The second kappa shape index (κ2) is 51.4. The third-order valence-corrected chi connectivity index (χ3v) is 16.7. The molecule has 0 bridgehead atoms. The number of amides is 1. The third-order valence-electron chi connectivity index (χ3n) is 16.7. The van der Waals surface area contributed by atoms with Crippen LogP contribution in [0.25, 0.3) is 0 Å². The fourth-order valence-electron chi connectivity index (χ4n) is 11.1. The van der Waals surface area contributed by atoms with E-state index in [4.69, 9.17) is 28.4 Å². The lowest BCUT2D eigenvalue weighted by Gasteiger charge is -2.48. The number of aliphatic hydroxyl groups is 11. The Balaban J connectivity index is 1.27. The highest BCUT2D eigenvalue weighted by molar-refractivity contribution is 5.76. The maximum Gasteiger partial charge on any atom is 0.220 e. The van der Waals surface area contributed by atoms with Crippen molar-refractivity contribution >= 4 is 5.91 Å². The van der Waals surface area contributed by atoms with Gasteiger partial charge in [0.15, 0.2) is 18.9 Å². The minimum atomic E-state index is -1.98. The molecule has 17 atom stereocenters. The summed E-state index contributed by atoms with van der Waals surface area (Å²) in [5.41, 5.74) is 0. The van der Waals surface area contributed by atoms with Crippen LogP contribution in [-0.4, -0.2) is 193 Å². The number of unbranched alkanes of at least 4 members (excludes halogenated alkanes) is 23. The standard InChI is InChI=1S/C70H121NO18/c1-3-5-7-9-11-12-13-14-15-16-17-18-19-20-21-22-23-24-25-26-27-28-29-30-31-32-33-34-35-36-37-38-39-40-42-44-46-48-58(76)71-53(54(75)47-45-43-41-10-8-6-4-2)52-84-68-64(82)61(79)66(56(50-73)86-68)89-70-65(83)62(80)67(57(51-74)87-70)88-69-63(81)60(78)59(77)55(49-72)85-69/h5,7,11-12,14-15,17-18,20-21,23-24,45,47,53-57,59-70,72-75,77-83H,3-4,6,8-10,13,16,19,22,25-44,46,48-52H2,1-2H3,(H,71,76)/b7-5-,12-11-,15-14-,18-17-,21-20-,24-23-,47-45+. The Hall–Kier alpha value is -3.03. The number of ether oxygens (including phenoxy) is 6. The Morgan fingerprint density at radius 3 is 1.21 bits per heavy atom. The van der Waals surface area contributed by atoms with Gasteiger partial charge in [0.25, 0.3) is 0 Å². The highest BCUT2D eigenvalue weighted by Gasteiger charge is 2.53. The molecule has 17 unspecified atom stereocenters. The summed E-state index contributed by atoms with van der Waals surface area (Å²) in [7, 11) is 0. The van der Waals surface area contributed by atoms with Gasteiger partial charge in [-0.05, 0) is 70.6 Å². The number of rotatable bonds is 51. The Morgan fingerprint density at radius 2 is 0.775 bits per heavy atom. The maximum absolute atomic E-state index is 13.3. The van der Waals surface area contributed by atoms with E-state index in [1.807, 2.05) is 6.08 Å². The molecule has 0 aromatic carbocycles. The highest BCUT2D eigenvalue weighted by atomic mass is 16.8. The molecular weight excluding hydrogens is 1140 g/mol. The zero-order valence-corrected chi connectivity index (χ0v) is 54.1. The van der Waals surface area contributed by atoms with Gasteiger partial charge in [0.2, 0.25) is 5.91 Å². The van der Waals surface area contributed by atoms with E-state index < -0.39 is 124 Å². The van der Waals surface area contributed by atoms with Crippen molar-refractivity contribution in [3.63, 3.8) is 0 Å². The molecule has 0 radical (unpaired) electrons. The van der Waals surface area contributed by atoms with E-state index in [1.54, 1.807) is 6.08 Å². The summed E-state index contributed by atoms with van der Waals surface area (Å²) >= 11 is 0. The predicted molar refractivity (Wildman–Crippen MR) is 346 cm³/mol. The number of carbonyl (C=O) groups is 1. The number of nitrogens with one attached hydrogen (secondary N) is 1. The molecule has 3 saturated heterocycles. The van der Waals surface area contributed by atoms with Gasteiger partial charge in [-0.1, -0.05) is 227 Å². The summed E-state index contributed by atoms with van der Waals surface area (Å²) in [4.78, 5) is 13.3.